The maximum absolute atomic E-state index is 10.0. The Morgan fingerprint density at radius 3 is 2.62 bits per heavy atom. The van der Waals surface area contributed by atoms with Gasteiger partial charge in [-0.2, -0.15) is 0 Å². The van der Waals surface area contributed by atoms with Crippen LogP contribution in [-0.2, 0) is 6.42 Å². The summed E-state index contributed by atoms with van der Waals surface area (Å²) in [5.41, 5.74) is 0.467. The van der Waals surface area contributed by atoms with Gasteiger partial charge in [-0.25, -0.2) is 0 Å². The minimum atomic E-state index is -0.452. The fraction of sp³-hybridized carbons (Fsp3) is 0.250. The zero-order valence-corrected chi connectivity index (χ0v) is 6.80. The molecule has 2 N–H and O–H groups in total. The number of phenolic OH excluding ortho intramolecular Hbond substituents is 2. The van der Waals surface area contributed by atoms with Crippen LogP contribution in [0, 0.1) is 10.1 Å². The van der Waals surface area contributed by atoms with E-state index in [2.05, 4.69) is 0 Å². The van der Waals surface area contributed by atoms with Crippen molar-refractivity contribution in [2.45, 2.75) is 6.42 Å². The number of benzene rings is 1. The van der Waals surface area contributed by atoms with Crippen LogP contribution in [0.2, 0.25) is 0 Å². The van der Waals surface area contributed by atoms with Crippen molar-refractivity contribution in [1.29, 1.82) is 0 Å². The highest BCUT2D eigenvalue weighted by atomic mass is 16.6. The Labute approximate surface area is 74.4 Å². The second-order valence-electron chi connectivity index (χ2n) is 2.62. The molecule has 1 aromatic carbocycles. The number of phenols is 2. The Bertz CT molecular complexity index is 324. The van der Waals surface area contributed by atoms with Crippen LogP contribution in [0.1, 0.15) is 5.56 Å². The van der Waals surface area contributed by atoms with E-state index in [1.807, 2.05) is 0 Å². The quantitative estimate of drug-likeness (QED) is 0.539. The summed E-state index contributed by atoms with van der Waals surface area (Å²) in [5.74, 6) is -0.163. The molecular weight excluding hydrogens is 174 g/mol. The molecule has 0 unspecified atom stereocenters. The molecule has 1 aromatic rings. The van der Waals surface area contributed by atoms with E-state index in [1.165, 1.54) is 12.1 Å². The third kappa shape index (κ3) is 2.62. The van der Waals surface area contributed by atoms with E-state index in [-0.39, 0.29) is 24.5 Å². The molecule has 0 heterocycles. The van der Waals surface area contributed by atoms with E-state index >= 15 is 0 Å². The zero-order valence-electron chi connectivity index (χ0n) is 6.80. The van der Waals surface area contributed by atoms with Crippen LogP contribution >= 0.6 is 0 Å². The summed E-state index contributed by atoms with van der Waals surface area (Å²) in [6.07, 6.45) is 0.166. The van der Waals surface area contributed by atoms with Gasteiger partial charge in [0.25, 0.3) is 0 Å². The molecule has 0 aliphatic carbocycles. The predicted octanol–water partition coefficient (Wildman–Crippen LogP) is 0.917. The number of nitrogens with zero attached hydrogens (tertiary/aromatic N) is 1. The van der Waals surface area contributed by atoms with Gasteiger partial charge in [-0.05, 0) is 6.07 Å². The van der Waals surface area contributed by atoms with E-state index < -0.39 is 4.92 Å². The van der Waals surface area contributed by atoms with Gasteiger partial charge in [-0.3, -0.25) is 10.1 Å². The fourth-order valence-electron chi connectivity index (χ4n) is 0.975. The molecule has 0 amide bonds. The van der Waals surface area contributed by atoms with E-state index in [9.17, 15) is 15.2 Å². The number of rotatable bonds is 3. The summed E-state index contributed by atoms with van der Waals surface area (Å²) in [6.45, 7) is -0.224. The van der Waals surface area contributed by atoms with Gasteiger partial charge >= 0.3 is 0 Å². The molecular formula is C8H9NO4. The predicted molar refractivity (Wildman–Crippen MR) is 45.3 cm³/mol. The maximum Gasteiger partial charge on any atom is 0.208 e. The summed E-state index contributed by atoms with van der Waals surface area (Å²) >= 11 is 0. The minimum Gasteiger partial charge on any atom is -0.508 e. The van der Waals surface area contributed by atoms with Gasteiger partial charge in [-0.15, -0.1) is 0 Å². The van der Waals surface area contributed by atoms with E-state index in [0.717, 1.165) is 6.07 Å². The van der Waals surface area contributed by atoms with Crippen LogP contribution in [0.15, 0.2) is 18.2 Å². The molecule has 70 valence electrons. The van der Waals surface area contributed by atoms with Crippen molar-refractivity contribution in [3.8, 4) is 11.5 Å². The largest absolute Gasteiger partial charge is 0.508 e. The number of nitro groups is 1. The second-order valence-corrected chi connectivity index (χ2v) is 2.62. The van der Waals surface area contributed by atoms with Crippen molar-refractivity contribution >= 4 is 0 Å². The average molecular weight is 183 g/mol. The van der Waals surface area contributed by atoms with Gasteiger partial charge in [0.15, 0.2) is 0 Å². The summed E-state index contributed by atoms with van der Waals surface area (Å²) in [6, 6.07) is 4.01. The summed E-state index contributed by atoms with van der Waals surface area (Å²) in [4.78, 5) is 9.57. The molecule has 13 heavy (non-hydrogen) atoms. The first-order valence-electron chi connectivity index (χ1n) is 3.72. The molecule has 0 saturated carbocycles. The smallest absolute Gasteiger partial charge is 0.208 e. The molecule has 0 aliphatic rings. The molecule has 1 rings (SSSR count). The van der Waals surface area contributed by atoms with E-state index in [4.69, 9.17) is 5.11 Å². The summed E-state index contributed by atoms with van der Waals surface area (Å²) in [5, 5.41) is 28.2. The van der Waals surface area contributed by atoms with Crippen LogP contribution in [0.3, 0.4) is 0 Å². The SMILES string of the molecule is O=[N+]([O-])CCc1ccc(O)cc1O. The highest BCUT2D eigenvalue weighted by molar-refractivity contribution is 5.38. The Kier molecular flexibility index (Phi) is 2.69. The first kappa shape index (κ1) is 9.31. The molecule has 0 radical (unpaired) electrons. The lowest BCUT2D eigenvalue weighted by Gasteiger charge is -2.01. The minimum absolute atomic E-state index is 0.0534. The van der Waals surface area contributed by atoms with Crippen LogP contribution in [0.25, 0.3) is 0 Å². The molecule has 0 fully saturated rings. The van der Waals surface area contributed by atoms with Crippen LogP contribution < -0.4 is 0 Å². The van der Waals surface area contributed by atoms with Gasteiger partial charge in [0.1, 0.15) is 11.5 Å². The van der Waals surface area contributed by atoms with Crippen LogP contribution in [0.5, 0.6) is 11.5 Å². The Morgan fingerprint density at radius 2 is 2.08 bits per heavy atom. The Balaban J connectivity index is 2.72. The third-order valence-corrected chi connectivity index (χ3v) is 1.63. The summed E-state index contributed by atoms with van der Waals surface area (Å²) < 4.78 is 0. The van der Waals surface area contributed by atoms with Crippen LogP contribution in [-0.4, -0.2) is 21.7 Å². The molecule has 0 spiro atoms. The molecule has 0 saturated heterocycles. The van der Waals surface area contributed by atoms with E-state index in [0.29, 0.717) is 5.56 Å². The lowest BCUT2D eigenvalue weighted by atomic mass is 10.1. The highest BCUT2D eigenvalue weighted by Crippen LogP contribution is 2.22. The Hall–Kier alpha value is -1.78. The average Bonchev–Trinajstić information content (AvgIpc) is 2.02. The number of hydrogen-bond acceptors (Lipinski definition) is 4. The van der Waals surface area contributed by atoms with Crippen molar-refractivity contribution in [2.24, 2.45) is 0 Å². The van der Waals surface area contributed by atoms with Gasteiger partial charge in [0, 0.05) is 23.0 Å². The maximum atomic E-state index is 10.0. The summed E-state index contributed by atoms with van der Waals surface area (Å²) in [7, 11) is 0. The van der Waals surface area contributed by atoms with Crippen molar-refractivity contribution in [3.63, 3.8) is 0 Å². The third-order valence-electron chi connectivity index (χ3n) is 1.63. The number of hydrogen-bond donors (Lipinski definition) is 2. The monoisotopic (exact) mass is 183 g/mol. The van der Waals surface area contributed by atoms with E-state index in [1.54, 1.807) is 0 Å². The molecule has 5 heteroatoms. The lowest BCUT2D eigenvalue weighted by molar-refractivity contribution is -0.479. The second kappa shape index (κ2) is 3.75. The molecule has 0 bridgehead atoms. The van der Waals surface area contributed by atoms with Gasteiger partial charge < -0.3 is 10.2 Å². The lowest BCUT2D eigenvalue weighted by Crippen LogP contribution is -2.03. The van der Waals surface area contributed by atoms with Gasteiger partial charge in [-0.1, -0.05) is 6.07 Å². The van der Waals surface area contributed by atoms with Crippen LogP contribution in [0.4, 0.5) is 0 Å². The van der Waals surface area contributed by atoms with Crippen molar-refractivity contribution < 1.29 is 15.1 Å². The number of aromatic hydroxyl groups is 2. The van der Waals surface area contributed by atoms with Gasteiger partial charge in [0.05, 0.1) is 0 Å². The standard InChI is InChI=1S/C8H9NO4/c10-7-2-1-6(8(11)5-7)3-4-9(12)13/h1-2,5,10-11H,3-4H2. The van der Waals surface area contributed by atoms with Gasteiger partial charge in [0.2, 0.25) is 6.54 Å². The molecule has 0 aliphatic heterocycles. The van der Waals surface area contributed by atoms with Crippen molar-refractivity contribution in [2.75, 3.05) is 6.54 Å². The molecule has 5 nitrogen and oxygen atoms in total. The van der Waals surface area contributed by atoms with Crippen molar-refractivity contribution in [1.82, 2.24) is 0 Å². The topological polar surface area (TPSA) is 83.6 Å². The first-order valence-corrected chi connectivity index (χ1v) is 3.72. The van der Waals surface area contributed by atoms with Crippen molar-refractivity contribution in [3.05, 3.63) is 33.9 Å². The Morgan fingerprint density at radius 1 is 1.38 bits per heavy atom. The zero-order chi connectivity index (χ0) is 9.84. The first-order chi connectivity index (χ1) is 6.09. The molecule has 0 aromatic heterocycles. The normalized spacial score (nSPS) is 9.85. The fourth-order valence-corrected chi connectivity index (χ4v) is 0.975. The molecule has 0 atom stereocenters. The highest BCUT2D eigenvalue weighted by Gasteiger charge is 2.05.